The van der Waals surface area contributed by atoms with Crippen molar-refractivity contribution in [3.8, 4) is 11.8 Å². The molecule has 3 heterocycles. The maximum atomic E-state index is 11.3. The number of rotatable bonds is 4. The largest absolute Gasteiger partial charge is 0.478 e. The Labute approximate surface area is 160 Å². The number of aromatic amines is 1. The summed E-state index contributed by atoms with van der Waals surface area (Å²) in [5.41, 5.74) is 2.04. The normalized spacial score (nSPS) is 14.5. The minimum absolute atomic E-state index is 0.192. The van der Waals surface area contributed by atoms with Crippen molar-refractivity contribution >= 4 is 34.6 Å². The van der Waals surface area contributed by atoms with E-state index in [4.69, 9.17) is 16.3 Å². The van der Waals surface area contributed by atoms with Gasteiger partial charge >= 0.3 is 12.0 Å². The number of imidazole rings is 1. The lowest BCUT2D eigenvalue weighted by atomic mass is 10.1. The molecule has 0 atom stereocenters. The third kappa shape index (κ3) is 3.55. The minimum atomic E-state index is -0.998. The zero-order chi connectivity index (χ0) is 19.0. The van der Waals surface area contributed by atoms with Gasteiger partial charge in [0.15, 0.2) is 5.65 Å². The van der Waals surface area contributed by atoms with E-state index in [2.05, 4.69) is 19.9 Å². The first-order valence-electron chi connectivity index (χ1n) is 8.84. The number of anilines is 1. The van der Waals surface area contributed by atoms with E-state index in [0.717, 1.165) is 31.7 Å². The van der Waals surface area contributed by atoms with Gasteiger partial charge in [-0.25, -0.2) is 9.78 Å². The van der Waals surface area contributed by atoms with Crippen LogP contribution in [0.15, 0.2) is 24.3 Å². The second-order valence-electron chi connectivity index (χ2n) is 6.64. The molecule has 140 valence electrons. The Bertz CT molecular complexity index is 1010. The molecule has 1 aliphatic rings. The Kier molecular flexibility index (Phi) is 4.61. The number of carboxylic acid groups (broad SMARTS) is 1. The molecular weight excluding hydrogens is 368 g/mol. The molecule has 2 aromatic heterocycles. The van der Waals surface area contributed by atoms with Crippen molar-refractivity contribution < 1.29 is 14.6 Å². The van der Waals surface area contributed by atoms with Crippen LogP contribution in [0, 0.1) is 6.92 Å². The molecule has 0 unspecified atom stereocenters. The predicted octanol–water partition coefficient (Wildman–Crippen LogP) is 4.40. The number of aromatic carboxylic acids is 1. The standard InChI is InChI=1S/C19H19ClN4O3/c1-11-5-6-12(9-13(11)18(25)26)27-19-21-15-10-14(20)17(22-16(15)23-19)24-7-3-2-4-8-24/h5-6,9-10H,2-4,7-8H2,1H3,(H,25,26)(H,21,22,23). The van der Waals surface area contributed by atoms with Crippen LogP contribution in [0.25, 0.3) is 11.2 Å². The van der Waals surface area contributed by atoms with Crippen LogP contribution in [0.4, 0.5) is 5.82 Å². The lowest BCUT2D eigenvalue weighted by molar-refractivity contribution is 0.0695. The van der Waals surface area contributed by atoms with Crippen LogP contribution in [-0.4, -0.2) is 39.1 Å². The van der Waals surface area contributed by atoms with Gasteiger partial charge in [-0.15, -0.1) is 0 Å². The smallest absolute Gasteiger partial charge is 0.336 e. The highest BCUT2D eigenvalue weighted by Crippen LogP contribution is 2.31. The number of ether oxygens (including phenoxy) is 1. The molecule has 27 heavy (non-hydrogen) atoms. The van der Waals surface area contributed by atoms with Crippen molar-refractivity contribution in [2.45, 2.75) is 26.2 Å². The van der Waals surface area contributed by atoms with Crippen LogP contribution in [0.1, 0.15) is 35.2 Å². The van der Waals surface area contributed by atoms with Gasteiger partial charge in [-0.3, -0.25) is 0 Å². The molecule has 1 aromatic carbocycles. The highest BCUT2D eigenvalue weighted by molar-refractivity contribution is 6.33. The van der Waals surface area contributed by atoms with E-state index in [1.807, 2.05) is 0 Å². The average Bonchev–Trinajstić information content (AvgIpc) is 3.04. The fourth-order valence-electron chi connectivity index (χ4n) is 3.27. The van der Waals surface area contributed by atoms with Gasteiger partial charge in [0, 0.05) is 13.1 Å². The van der Waals surface area contributed by atoms with E-state index in [-0.39, 0.29) is 11.6 Å². The number of nitrogens with one attached hydrogen (secondary N) is 1. The Morgan fingerprint density at radius 1 is 1.22 bits per heavy atom. The van der Waals surface area contributed by atoms with E-state index >= 15 is 0 Å². The van der Waals surface area contributed by atoms with Crippen LogP contribution in [-0.2, 0) is 0 Å². The molecule has 2 N–H and O–H groups in total. The summed E-state index contributed by atoms with van der Waals surface area (Å²) in [5, 5.41) is 9.82. The van der Waals surface area contributed by atoms with Crippen molar-refractivity contribution in [1.29, 1.82) is 0 Å². The summed E-state index contributed by atoms with van der Waals surface area (Å²) in [4.78, 5) is 25.5. The second kappa shape index (κ2) is 7.08. The van der Waals surface area contributed by atoms with Gasteiger partial charge in [0.25, 0.3) is 0 Å². The molecule has 0 radical (unpaired) electrons. The number of aromatic nitrogens is 3. The summed E-state index contributed by atoms with van der Waals surface area (Å²) in [6, 6.07) is 6.92. The number of benzene rings is 1. The Morgan fingerprint density at radius 2 is 2.00 bits per heavy atom. The van der Waals surface area contributed by atoms with E-state index < -0.39 is 5.97 Å². The van der Waals surface area contributed by atoms with Crippen molar-refractivity contribution in [2.24, 2.45) is 0 Å². The molecule has 0 aliphatic carbocycles. The summed E-state index contributed by atoms with van der Waals surface area (Å²) < 4.78 is 5.71. The first-order chi connectivity index (χ1) is 13.0. The fourth-order valence-corrected chi connectivity index (χ4v) is 3.54. The highest BCUT2D eigenvalue weighted by Gasteiger charge is 2.18. The molecule has 0 amide bonds. The van der Waals surface area contributed by atoms with Crippen molar-refractivity contribution in [2.75, 3.05) is 18.0 Å². The number of carbonyl (C=O) groups is 1. The quantitative estimate of drug-likeness (QED) is 0.690. The van der Waals surface area contributed by atoms with Gasteiger partial charge < -0.3 is 19.7 Å². The zero-order valence-electron chi connectivity index (χ0n) is 14.8. The zero-order valence-corrected chi connectivity index (χ0v) is 15.6. The molecule has 1 aliphatic heterocycles. The average molecular weight is 387 g/mol. The number of pyridine rings is 1. The lowest BCUT2D eigenvalue weighted by Gasteiger charge is -2.28. The Balaban J connectivity index is 1.64. The van der Waals surface area contributed by atoms with Gasteiger partial charge in [-0.1, -0.05) is 17.7 Å². The summed E-state index contributed by atoms with van der Waals surface area (Å²) in [5.74, 6) is 0.131. The van der Waals surface area contributed by atoms with Crippen LogP contribution >= 0.6 is 11.6 Å². The number of nitrogens with zero attached hydrogens (tertiary/aromatic N) is 3. The van der Waals surface area contributed by atoms with E-state index in [9.17, 15) is 9.90 Å². The molecule has 1 saturated heterocycles. The number of aryl methyl sites for hydroxylation is 1. The van der Waals surface area contributed by atoms with Crippen molar-refractivity contribution in [1.82, 2.24) is 15.0 Å². The lowest BCUT2D eigenvalue weighted by Crippen LogP contribution is -2.30. The number of fused-ring (bicyclic) bond motifs is 1. The van der Waals surface area contributed by atoms with Crippen molar-refractivity contribution in [3.63, 3.8) is 0 Å². The predicted molar refractivity (Wildman–Crippen MR) is 103 cm³/mol. The highest BCUT2D eigenvalue weighted by atomic mass is 35.5. The molecule has 7 nitrogen and oxygen atoms in total. The van der Waals surface area contributed by atoms with E-state index in [0.29, 0.717) is 27.5 Å². The summed E-state index contributed by atoms with van der Waals surface area (Å²) in [6.45, 7) is 3.61. The molecule has 4 rings (SSSR count). The molecule has 0 bridgehead atoms. The fraction of sp³-hybridized carbons (Fsp3) is 0.316. The SMILES string of the molecule is Cc1ccc(Oc2nc3nc(N4CCCCC4)c(Cl)cc3[nH]2)cc1C(=O)O. The maximum absolute atomic E-state index is 11.3. The van der Waals surface area contributed by atoms with E-state index in [1.54, 1.807) is 25.1 Å². The summed E-state index contributed by atoms with van der Waals surface area (Å²) >= 11 is 6.42. The molecule has 0 spiro atoms. The molecule has 3 aromatic rings. The van der Waals surface area contributed by atoms with Gasteiger partial charge in [-0.05, 0) is 49.9 Å². The number of carboxylic acids is 1. The van der Waals surface area contributed by atoms with Gasteiger partial charge in [0.2, 0.25) is 0 Å². The topological polar surface area (TPSA) is 91.3 Å². The third-order valence-electron chi connectivity index (χ3n) is 4.70. The van der Waals surface area contributed by atoms with Crippen LogP contribution in [0.3, 0.4) is 0 Å². The molecule has 1 fully saturated rings. The van der Waals surface area contributed by atoms with Gasteiger partial charge in [-0.2, -0.15) is 4.98 Å². The Morgan fingerprint density at radius 3 is 2.74 bits per heavy atom. The first kappa shape index (κ1) is 17.6. The van der Waals surface area contributed by atoms with Crippen LogP contribution in [0.5, 0.6) is 11.8 Å². The number of H-pyrrole nitrogens is 1. The molecular formula is C19H19ClN4O3. The number of hydrogen-bond acceptors (Lipinski definition) is 5. The Hall–Kier alpha value is -2.80. The van der Waals surface area contributed by atoms with Crippen LogP contribution in [0.2, 0.25) is 5.02 Å². The van der Waals surface area contributed by atoms with Gasteiger partial charge in [0.05, 0.1) is 16.1 Å². The second-order valence-corrected chi connectivity index (χ2v) is 7.05. The van der Waals surface area contributed by atoms with E-state index in [1.165, 1.54) is 12.5 Å². The number of hydrogen-bond donors (Lipinski definition) is 2. The maximum Gasteiger partial charge on any atom is 0.336 e. The third-order valence-corrected chi connectivity index (χ3v) is 4.97. The van der Waals surface area contributed by atoms with Gasteiger partial charge in [0.1, 0.15) is 11.6 Å². The number of halogens is 1. The minimum Gasteiger partial charge on any atom is -0.478 e. The summed E-state index contributed by atoms with van der Waals surface area (Å²) in [6.07, 6.45) is 3.49. The van der Waals surface area contributed by atoms with Crippen molar-refractivity contribution in [3.05, 3.63) is 40.4 Å². The molecule has 0 saturated carbocycles. The number of piperidine rings is 1. The monoisotopic (exact) mass is 386 g/mol. The van der Waals surface area contributed by atoms with Crippen LogP contribution < -0.4 is 9.64 Å². The first-order valence-corrected chi connectivity index (χ1v) is 9.22. The summed E-state index contributed by atoms with van der Waals surface area (Å²) in [7, 11) is 0. The molecule has 8 heteroatoms.